The number of carbonyl (C=O) groups excluding carboxylic acids is 1. The van der Waals surface area contributed by atoms with Gasteiger partial charge in [0.15, 0.2) is 16.4 Å². The monoisotopic (exact) mass is 375 g/mol. The third-order valence-electron chi connectivity index (χ3n) is 5.06. The number of sulfone groups is 1. The maximum atomic E-state index is 12.9. The molecule has 0 bridgehead atoms. The quantitative estimate of drug-likeness (QED) is 0.778. The first-order chi connectivity index (χ1) is 12.4. The number of hydrogen-bond donors (Lipinski definition) is 0. The van der Waals surface area contributed by atoms with E-state index in [0.717, 1.165) is 17.2 Å². The van der Waals surface area contributed by atoms with Gasteiger partial charge in [0.2, 0.25) is 0 Å². The van der Waals surface area contributed by atoms with Gasteiger partial charge in [-0.2, -0.15) is 0 Å². The predicted octanol–water partition coefficient (Wildman–Crippen LogP) is 3.03. The summed E-state index contributed by atoms with van der Waals surface area (Å²) in [6, 6.07) is 13.3. The molecule has 2 aromatic rings. The Hall–Kier alpha value is -2.08. The highest BCUT2D eigenvalue weighted by Gasteiger charge is 2.36. The average molecular weight is 375 g/mol. The van der Waals surface area contributed by atoms with Gasteiger partial charge in [-0.15, -0.1) is 0 Å². The van der Waals surface area contributed by atoms with Crippen molar-refractivity contribution in [3.63, 3.8) is 0 Å². The molecule has 1 heterocycles. The molecule has 2 atom stereocenters. The summed E-state index contributed by atoms with van der Waals surface area (Å²) in [6.07, 6.45) is 1.28. The Labute approximate surface area is 154 Å². The van der Waals surface area contributed by atoms with E-state index in [1.807, 2.05) is 56.3 Å². The standard InChI is InChI=1S/C20H25NO4S/c1-3-15(2)21(17-11-12-26(23,24)14-17)20(22)13-25-19-10-6-8-16-7-4-5-9-18(16)19/h4-10,15,17H,3,11-14H2,1-2H3/t15-,17-/m0/s1. The van der Waals surface area contributed by atoms with Gasteiger partial charge in [0.1, 0.15) is 5.75 Å². The van der Waals surface area contributed by atoms with Gasteiger partial charge in [-0.25, -0.2) is 8.42 Å². The molecule has 0 saturated carbocycles. The molecule has 140 valence electrons. The van der Waals surface area contributed by atoms with Crippen LogP contribution < -0.4 is 4.74 Å². The zero-order valence-electron chi connectivity index (χ0n) is 15.2. The van der Waals surface area contributed by atoms with E-state index in [4.69, 9.17) is 4.74 Å². The molecule has 0 N–H and O–H groups in total. The number of amides is 1. The molecular weight excluding hydrogens is 350 g/mol. The molecule has 26 heavy (non-hydrogen) atoms. The van der Waals surface area contributed by atoms with Crippen molar-refractivity contribution in [2.24, 2.45) is 0 Å². The van der Waals surface area contributed by atoms with Crippen LogP contribution >= 0.6 is 0 Å². The molecule has 1 amide bonds. The van der Waals surface area contributed by atoms with Crippen molar-refractivity contribution in [1.29, 1.82) is 0 Å². The summed E-state index contributed by atoms with van der Waals surface area (Å²) in [5.41, 5.74) is 0. The molecule has 0 spiro atoms. The fraction of sp³-hybridized carbons (Fsp3) is 0.450. The first kappa shape index (κ1) is 18.7. The number of hydrogen-bond acceptors (Lipinski definition) is 4. The number of nitrogens with zero attached hydrogens (tertiary/aromatic N) is 1. The second-order valence-corrected chi connectivity index (χ2v) is 9.11. The van der Waals surface area contributed by atoms with Gasteiger partial charge in [-0.1, -0.05) is 43.3 Å². The van der Waals surface area contributed by atoms with Crippen LogP contribution in [0.3, 0.4) is 0 Å². The Balaban J connectivity index is 1.75. The van der Waals surface area contributed by atoms with Crippen LogP contribution in [0.15, 0.2) is 42.5 Å². The first-order valence-corrected chi connectivity index (χ1v) is 10.9. The van der Waals surface area contributed by atoms with Crippen molar-refractivity contribution in [3.8, 4) is 5.75 Å². The minimum Gasteiger partial charge on any atom is -0.483 e. The van der Waals surface area contributed by atoms with E-state index >= 15 is 0 Å². The Morgan fingerprint density at radius 3 is 2.65 bits per heavy atom. The van der Waals surface area contributed by atoms with Gasteiger partial charge >= 0.3 is 0 Å². The Bertz CT molecular complexity index is 888. The van der Waals surface area contributed by atoms with E-state index in [1.165, 1.54) is 0 Å². The van der Waals surface area contributed by atoms with Gasteiger partial charge < -0.3 is 9.64 Å². The molecule has 0 unspecified atom stereocenters. The first-order valence-electron chi connectivity index (χ1n) is 9.03. The Morgan fingerprint density at radius 1 is 1.23 bits per heavy atom. The molecule has 1 aliphatic heterocycles. The Kier molecular flexibility index (Phi) is 5.51. The number of fused-ring (bicyclic) bond motifs is 1. The van der Waals surface area contributed by atoms with Gasteiger partial charge in [-0.05, 0) is 31.2 Å². The van der Waals surface area contributed by atoms with E-state index in [1.54, 1.807) is 4.90 Å². The summed E-state index contributed by atoms with van der Waals surface area (Å²) in [6.45, 7) is 3.87. The highest BCUT2D eigenvalue weighted by Crippen LogP contribution is 2.26. The predicted molar refractivity (Wildman–Crippen MR) is 103 cm³/mol. The minimum atomic E-state index is -3.05. The van der Waals surface area contributed by atoms with E-state index in [-0.39, 0.29) is 36.1 Å². The van der Waals surface area contributed by atoms with E-state index in [9.17, 15) is 13.2 Å². The fourth-order valence-corrected chi connectivity index (χ4v) is 5.25. The van der Waals surface area contributed by atoms with Crippen LogP contribution in [0.4, 0.5) is 0 Å². The maximum Gasteiger partial charge on any atom is 0.261 e. The van der Waals surface area contributed by atoms with E-state index < -0.39 is 9.84 Å². The summed E-state index contributed by atoms with van der Waals surface area (Å²) in [5, 5.41) is 2.01. The second-order valence-electron chi connectivity index (χ2n) is 6.88. The molecule has 2 aromatic carbocycles. The lowest BCUT2D eigenvalue weighted by Crippen LogP contribution is -2.48. The number of rotatable bonds is 6. The summed E-state index contributed by atoms with van der Waals surface area (Å²) in [4.78, 5) is 14.6. The zero-order chi connectivity index (χ0) is 18.7. The highest BCUT2D eigenvalue weighted by atomic mass is 32.2. The summed E-state index contributed by atoms with van der Waals surface area (Å²) in [5.74, 6) is 0.716. The zero-order valence-corrected chi connectivity index (χ0v) is 16.0. The fourth-order valence-electron chi connectivity index (χ4n) is 3.54. The third kappa shape index (κ3) is 4.01. The largest absolute Gasteiger partial charge is 0.483 e. The van der Waals surface area contributed by atoms with Crippen molar-refractivity contribution in [1.82, 2.24) is 4.90 Å². The van der Waals surface area contributed by atoms with Crippen LogP contribution in [0.1, 0.15) is 26.7 Å². The van der Waals surface area contributed by atoms with Crippen LogP contribution in [-0.2, 0) is 14.6 Å². The molecule has 0 radical (unpaired) electrons. The van der Waals surface area contributed by atoms with Crippen LogP contribution in [0.25, 0.3) is 10.8 Å². The summed E-state index contributed by atoms with van der Waals surface area (Å²) >= 11 is 0. The molecule has 6 heteroatoms. The number of carbonyl (C=O) groups is 1. The van der Waals surface area contributed by atoms with Crippen LogP contribution in [-0.4, -0.2) is 49.4 Å². The lowest BCUT2D eigenvalue weighted by Gasteiger charge is -2.33. The molecular formula is C20H25NO4S. The molecule has 1 saturated heterocycles. The summed E-state index contributed by atoms with van der Waals surface area (Å²) in [7, 11) is -3.05. The average Bonchev–Trinajstić information content (AvgIpc) is 2.99. The molecule has 5 nitrogen and oxygen atoms in total. The van der Waals surface area contributed by atoms with Crippen molar-refractivity contribution < 1.29 is 17.9 Å². The topological polar surface area (TPSA) is 63.7 Å². The van der Waals surface area contributed by atoms with E-state index in [2.05, 4.69) is 0 Å². The molecule has 1 aliphatic rings. The van der Waals surface area contributed by atoms with Crippen LogP contribution in [0.2, 0.25) is 0 Å². The van der Waals surface area contributed by atoms with Crippen LogP contribution in [0, 0.1) is 0 Å². The molecule has 3 rings (SSSR count). The molecule has 0 aliphatic carbocycles. The smallest absolute Gasteiger partial charge is 0.261 e. The number of ether oxygens (including phenoxy) is 1. The van der Waals surface area contributed by atoms with E-state index in [0.29, 0.717) is 12.2 Å². The normalized spacial score (nSPS) is 20.0. The van der Waals surface area contributed by atoms with Crippen molar-refractivity contribution in [3.05, 3.63) is 42.5 Å². The highest BCUT2D eigenvalue weighted by molar-refractivity contribution is 7.91. The van der Waals surface area contributed by atoms with Gasteiger partial charge in [-0.3, -0.25) is 4.79 Å². The van der Waals surface area contributed by atoms with Gasteiger partial charge in [0, 0.05) is 17.5 Å². The lowest BCUT2D eigenvalue weighted by molar-refractivity contribution is -0.137. The van der Waals surface area contributed by atoms with Crippen LogP contribution in [0.5, 0.6) is 5.75 Å². The maximum absolute atomic E-state index is 12.9. The minimum absolute atomic E-state index is 0.0167. The molecule has 1 fully saturated rings. The second kappa shape index (κ2) is 7.66. The van der Waals surface area contributed by atoms with Gasteiger partial charge in [0.05, 0.1) is 11.5 Å². The Morgan fingerprint density at radius 2 is 1.96 bits per heavy atom. The van der Waals surface area contributed by atoms with Crippen molar-refractivity contribution >= 4 is 26.5 Å². The third-order valence-corrected chi connectivity index (χ3v) is 6.81. The number of benzene rings is 2. The SMILES string of the molecule is CC[C@H](C)N(C(=O)COc1cccc2ccccc12)[C@H]1CCS(=O)(=O)C1. The summed E-state index contributed by atoms with van der Waals surface area (Å²) < 4.78 is 29.5. The van der Waals surface area contributed by atoms with Crippen molar-refractivity contribution in [2.75, 3.05) is 18.1 Å². The lowest BCUT2D eigenvalue weighted by atomic mass is 10.1. The van der Waals surface area contributed by atoms with Crippen molar-refractivity contribution in [2.45, 2.75) is 38.8 Å². The molecule has 0 aromatic heterocycles. The van der Waals surface area contributed by atoms with Gasteiger partial charge in [0.25, 0.3) is 5.91 Å².